The standard InChI is InChI=1S/C19H41N5O3S.HI/c1-7-16(8-2)17(24-10-12-27-13-11-24)14-21-18(20-9-3)22-15-19(4,5)23-28(6,25)26;/h16-17,23H,7-15H2,1-6H3,(H2,20,21,22);1H. The van der Waals surface area contributed by atoms with Crippen molar-refractivity contribution in [3.05, 3.63) is 0 Å². The van der Waals surface area contributed by atoms with Crippen LogP contribution in [0.1, 0.15) is 47.5 Å². The van der Waals surface area contributed by atoms with Crippen LogP contribution in [0.4, 0.5) is 0 Å². The summed E-state index contributed by atoms with van der Waals surface area (Å²) in [5, 5.41) is 6.75. The Kier molecular flexibility index (Phi) is 13.9. The highest BCUT2D eigenvalue weighted by atomic mass is 127. The van der Waals surface area contributed by atoms with Gasteiger partial charge in [0, 0.05) is 37.8 Å². The zero-order valence-corrected chi connectivity index (χ0v) is 22.1. The van der Waals surface area contributed by atoms with Crippen molar-refractivity contribution in [3.63, 3.8) is 0 Å². The van der Waals surface area contributed by atoms with Gasteiger partial charge in [0.05, 0.1) is 26.0 Å². The highest BCUT2D eigenvalue weighted by Gasteiger charge is 2.27. The summed E-state index contributed by atoms with van der Waals surface area (Å²) in [6, 6.07) is 0.421. The highest BCUT2D eigenvalue weighted by Crippen LogP contribution is 2.19. The first-order chi connectivity index (χ1) is 13.1. The maximum Gasteiger partial charge on any atom is 0.209 e. The summed E-state index contributed by atoms with van der Waals surface area (Å²) in [7, 11) is -3.28. The fourth-order valence-corrected chi connectivity index (χ4v) is 4.76. The van der Waals surface area contributed by atoms with Crippen LogP contribution >= 0.6 is 24.0 Å². The van der Waals surface area contributed by atoms with Crippen LogP contribution in [0.5, 0.6) is 0 Å². The molecule has 174 valence electrons. The Labute approximate surface area is 195 Å². The van der Waals surface area contributed by atoms with Crippen molar-refractivity contribution in [1.29, 1.82) is 0 Å². The Morgan fingerprint density at radius 2 is 1.72 bits per heavy atom. The number of hydrogen-bond donors (Lipinski definition) is 3. The Balaban J connectivity index is 0.00000784. The minimum atomic E-state index is -3.28. The molecule has 0 aromatic carbocycles. The molecule has 1 rings (SSSR count). The molecule has 1 aliphatic heterocycles. The molecular weight excluding hydrogens is 505 g/mol. The van der Waals surface area contributed by atoms with Gasteiger partial charge in [-0.25, -0.2) is 13.1 Å². The molecule has 0 aromatic heterocycles. The van der Waals surface area contributed by atoms with Crippen molar-refractivity contribution >= 4 is 40.0 Å². The maximum atomic E-state index is 11.5. The molecule has 8 nitrogen and oxygen atoms in total. The summed E-state index contributed by atoms with van der Waals surface area (Å²) in [5.41, 5.74) is -0.644. The highest BCUT2D eigenvalue weighted by molar-refractivity contribution is 14.0. The number of aliphatic imine (C=N–C) groups is 1. The molecule has 1 saturated heterocycles. The number of rotatable bonds is 11. The van der Waals surface area contributed by atoms with Crippen LogP contribution in [-0.2, 0) is 14.8 Å². The van der Waals surface area contributed by atoms with Gasteiger partial charge in [-0.3, -0.25) is 9.89 Å². The lowest BCUT2D eigenvalue weighted by Crippen LogP contribution is -2.53. The molecule has 0 saturated carbocycles. The molecule has 1 atom stereocenters. The number of hydrogen-bond acceptors (Lipinski definition) is 5. The molecule has 0 aromatic rings. The van der Waals surface area contributed by atoms with Crippen molar-refractivity contribution < 1.29 is 13.2 Å². The third kappa shape index (κ3) is 11.7. The van der Waals surface area contributed by atoms with E-state index in [9.17, 15) is 8.42 Å². The van der Waals surface area contributed by atoms with E-state index in [0.717, 1.165) is 58.2 Å². The van der Waals surface area contributed by atoms with Crippen LogP contribution in [0, 0.1) is 5.92 Å². The number of sulfonamides is 1. The van der Waals surface area contributed by atoms with Gasteiger partial charge in [-0.05, 0) is 26.7 Å². The van der Waals surface area contributed by atoms with E-state index in [1.165, 1.54) is 6.26 Å². The van der Waals surface area contributed by atoms with Gasteiger partial charge >= 0.3 is 0 Å². The molecule has 0 spiro atoms. The normalized spacial score (nSPS) is 17.7. The number of morpholine rings is 1. The summed E-state index contributed by atoms with van der Waals surface area (Å²) in [6.45, 7) is 15.6. The predicted octanol–water partition coefficient (Wildman–Crippen LogP) is 1.62. The van der Waals surface area contributed by atoms with Crippen LogP contribution in [-0.4, -0.2) is 83.1 Å². The largest absolute Gasteiger partial charge is 0.379 e. The first kappa shape index (κ1) is 28.8. The average Bonchev–Trinajstić information content (AvgIpc) is 2.61. The molecule has 0 amide bonds. The van der Waals surface area contributed by atoms with Gasteiger partial charge in [0.15, 0.2) is 5.96 Å². The molecular formula is C19H42IN5O3S. The number of guanidine groups is 1. The molecule has 1 heterocycles. The second-order valence-electron chi connectivity index (χ2n) is 8.13. The molecule has 3 N–H and O–H groups in total. The molecule has 1 unspecified atom stereocenters. The number of nitrogens with one attached hydrogen (secondary N) is 3. The molecule has 1 aliphatic rings. The quantitative estimate of drug-likeness (QED) is 0.207. The van der Waals surface area contributed by atoms with E-state index in [0.29, 0.717) is 18.5 Å². The van der Waals surface area contributed by atoms with Crippen molar-refractivity contribution in [1.82, 2.24) is 20.3 Å². The van der Waals surface area contributed by atoms with Crippen molar-refractivity contribution in [2.75, 3.05) is 52.2 Å². The van der Waals surface area contributed by atoms with Gasteiger partial charge in [0.2, 0.25) is 10.0 Å². The van der Waals surface area contributed by atoms with Gasteiger partial charge < -0.3 is 15.4 Å². The third-order valence-electron chi connectivity index (χ3n) is 5.02. The van der Waals surface area contributed by atoms with E-state index in [2.05, 4.69) is 39.1 Å². The summed E-state index contributed by atoms with van der Waals surface area (Å²) in [4.78, 5) is 7.14. The summed E-state index contributed by atoms with van der Waals surface area (Å²) < 4.78 is 31.2. The van der Waals surface area contributed by atoms with Gasteiger partial charge in [0.25, 0.3) is 0 Å². The molecule has 0 bridgehead atoms. The van der Waals surface area contributed by atoms with E-state index < -0.39 is 15.6 Å². The summed E-state index contributed by atoms with van der Waals surface area (Å²) >= 11 is 0. The Hall–Kier alpha value is -0.170. The van der Waals surface area contributed by atoms with E-state index in [1.54, 1.807) is 0 Å². The topological polar surface area (TPSA) is 95.1 Å². The van der Waals surface area contributed by atoms with E-state index >= 15 is 0 Å². The number of ether oxygens (including phenoxy) is 1. The minimum Gasteiger partial charge on any atom is -0.379 e. The van der Waals surface area contributed by atoms with Crippen molar-refractivity contribution in [3.8, 4) is 0 Å². The smallest absolute Gasteiger partial charge is 0.209 e. The number of halogens is 1. The predicted molar refractivity (Wildman–Crippen MR) is 132 cm³/mol. The molecule has 0 radical (unpaired) electrons. The van der Waals surface area contributed by atoms with Crippen LogP contribution in [0.3, 0.4) is 0 Å². The second kappa shape index (κ2) is 14.0. The second-order valence-corrected chi connectivity index (χ2v) is 9.87. The Bertz CT molecular complexity index is 576. The minimum absolute atomic E-state index is 0. The monoisotopic (exact) mass is 547 g/mol. The van der Waals surface area contributed by atoms with Crippen LogP contribution < -0.4 is 15.4 Å². The fourth-order valence-electron chi connectivity index (χ4n) is 3.69. The fraction of sp³-hybridized carbons (Fsp3) is 0.947. The van der Waals surface area contributed by atoms with Crippen LogP contribution in [0.2, 0.25) is 0 Å². The zero-order valence-electron chi connectivity index (χ0n) is 19.0. The lowest BCUT2D eigenvalue weighted by Gasteiger charge is -2.39. The van der Waals surface area contributed by atoms with Crippen molar-refractivity contribution in [2.24, 2.45) is 10.9 Å². The van der Waals surface area contributed by atoms with E-state index in [-0.39, 0.29) is 24.0 Å². The lowest BCUT2D eigenvalue weighted by molar-refractivity contribution is 0.00272. The lowest BCUT2D eigenvalue weighted by atomic mass is 9.92. The van der Waals surface area contributed by atoms with E-state index in [4.69, 9.17) is 4.74 Å². The average molecular weight is 548 g/mol. The van der Waals surface area contributed by atoms with Gasteiger partial charge in [0.1, 0.15) is 0 Å². The number of nitrogens with zero attached hydrogens (tertiary/aromatic N) is 2. The third-order valence-corrected chi connectivity index (χ3v) is 5.95. The molecule has 1 fully saturated rings. The van der Waals surface area contributed by atoms with Gasteiger partial charge in [-0.2, -0.15) is 0 Å². The van der Waals surface area contributed by atoms with Crippen molar-refractivity contribution in [2.45, 2.75) is 59.0 Å². The Morgan fingerprint density at radius 1 is 1.14 bits per heavy atom. The molecule has 0 aliphatic carbocycles. The summed E-state index contributed by atoms with van der Waals surface area (Å²) in [6.07, 6.45) is 3.45. The summed E-state index contributed by atoms with van der Waals surface area (Å²) in [5.74, 6) is 1.33. The molecule has 29 heavy (non-hydrogen) atoms. The first-order valence-corrected chi connectivity index (χ1v) is 12.3. The maximum absolute atomic E-state index is 11.5. The van der Waals surface area contributed by atoms with Gasteiger partial charge in [-0.1, -0.05) is 26.7 Å². The van der Waals surface area contributed by atoms with E-state index in [1.807, 2.05) is 20.8 Å². The van der Waals surface area contributed by atoms with Crippen LogP contribution in [0.15, 0.2) is 4.99 Å². The molecule has 10 heteroatoms. The zero-order chi connectivity index (χ0) is 21.2. The van der Waals surface area contributed by atoms with Gasteiger partial charge in [-0.15, -0.1) is 24.0 Å². The SMILES string of the molecule is CCNC(=NCC(C)(C)NS(C)(=O)=O)NCC(C(CC)CC)N1CCOCC1.I. The Morgan fingerprint density at radius 3 is 2.21 bits per heavy atom. The van der Waals surface area contributed by atoms with Crippen LogP contribution in [0.25, 0.3) is 0 Å². The first-order valence-electron chi connectivity index (χ1n) is 10.4.